The van der Waals surface area contributed by atoms with E-state index in [1.807, 2.05) is 0 Å². The highest BCUT2D eigenvalue weighted by Gasteiger charge is 2.47. The Balaban J connectivity index is 1.70. The molecule has 2 N–H and O–H groups in total. The van der Waals surface area contributed by atoms with Gasteiger partial charge in [0.25, 0.3) is 0 Å². The van der Waals surface area contributed by atoms with Crippen LogP contribution in [-0.2, 0) is 16.0 Å². The first-order chi connectivity index (χ1) is 14.4. The third-order valence-corrected chi connectivity index (χ3v) is 7.21. The Morgan fingerprint density at radius 2 is 1.87 bits per heavy atom. The minimum absolute atomic E-state index is 0.121. The molecule has 1 saturated heterocycles. The number of carbonyl (C=O) groups excluding carboxylic acids is 1. The van der Waals surface area contributed by atoms with Gasteiger partial charge in [-0.1, -0.05) is 12.1 Å². The Bertz CT molecular complexity index is 1180. The van der Waals surface area contributed by atoms with E-state index in [0.29, 0.717) is 16.7 Å². The molecule has 1 aromatic carbocycles. The molecule has 1 unspecified atom stereocenters. The summed E-state index contributed by atoms with van der Waals surface area (Å²) in [4.78, 5) is 21.2. The number of ketones is 1. The van der Waals surface area contributed by atoms with E-state index in [1.54, 1.807) is 6.92 Å². The highest BCUT2D eigenvalue weighted by Crippen LogP contribution is 2.35. The molecule has 1 aromatic heterocycles. The summed E-state index contributed by atoms with van der Waals surface area (Å²) in [5, 5.41) is 13.1. The molecule has 4 rings (SSSR count). The number of nitrogens with one attached hydrogen (secondary N) is 1. The maximum atomic E-state index is 12.9. The molecule has 0 amide bonds. The number of aliphatic hydroxyl groups is 1. The number of pyridine rings is 1. The maximum absolute atomic E-state index is 12.9. The van der Waals surface area contributed by atoms with E-state index >= 15 is 0 Å². The van der Waals surface area contributed by atoms with E-state index in [2.05, 4.69) is 15.3 Å². The largest absolute Gasteiger partial charge is 0.416 e. The minimum Gasteiger partial charge on any atom is -0.386 e. The van der Waals surface area contributed by atoms with Crippen LogP contribution in [0.3, 0.4) is 0 Å². The van der Waals surface area contributed by atoms with E-state index in [-0.39, 0.29) is 35.2 Å². The van der Waals surface area contributed by atoms with E-state index in [9.17, 15) is 31.5 Å². The molecular weight excluding hydrogens is 435 g/mol. The van der Waals surface area contributed by atoms with E-state index in [1.165, 1.54) is 24.5 Å². The Hall–Kier alpha value is -2.79. The van der Waals surface area contributed by atoms with Gasteiger partial charge < -0.3 is 10.4 Å². The summed E-state index contributed by atoms with van der Waals surface area (Å²) in [5.74, 6) is -0.948. The van der Waals surface area contributed by atoms with Crippen LogP contribution < -0.4 is 5.32 Å². The van der Waals surface area contributed by atoms with Crippen LogP contribution in [0.1, 0.15) is 28.4 Å². The number of hydrogen-bond donors (Lipinski definition) is 2. The lowest BCUT2D eigenvalue weighted by atomic mass is 9.91. The average molecular weight is 453 g/mol. The molecule has 0 bridgehead atoms. The molecule has 0 spiro atoms. The number of Topliss-reactive ketones (excluding diaryl/α,β-unsaturated/α-hetero) is 1. The zero-order valence-corrected chi connectivity index (χ0v) is 17.1. The standard InChI is InChI=1S/C20H18F3N3O4S/c1-11-17(27)16-15(7-24-11)14(12-2-4-13(5-3-12)20(21,22)23)6-25-18(16)26-8-19(28)9-31(29,30)10-19/h2-7,11,28H,8-10H2,1H3,(H,25,26). The lowest BCUT2D eigenvalue weighted by molar-refractivity contribution is -0.137. The number of alkyl halides is 3. The molecule has 2 aliphatic rings. The van der Waals surface area contributed by atoms with Crippen molar-refractivity contribution in [3.63, 3.8) is 0 Å². The van der Waals surface area contributed by atoms with Crippen LogP contribution >= 0.6 is 0 Å². The number of benzene rings is 1. The quantitative estimate of drug-likeness (QED) is 0.736. The molecule has 0 aliphatic carbocycles. The van der Waals surface area contributed by atoms with Gasteiger partial charge in [-0.3, -0.25) is 9.79 Å². The monoisotopic (exact) mass is 453 g/mol. The summed E-state index contributed by atoms with van der Waals surface area (Å²) in [5.41, 5.74) is -0.779. The summed E-state index contributed by atoms with van der Waals surface area (Å²) in [6.45, 7) is 1.48. The van der Waals surface area contributed by atoms with Crippen LogP contribution in [0.25, 0.3) is 11.1 Å². The fourth-order valence-corrected chi connectivity index (χ4v) is 5.46. The molecule has 7 nitrogen and oxygen atoms in total. The molecule has 11 heteroatoms. The molecule has 2 aromatic rings. The van der Waals surface area contributed by atoms with Gasteiger partial charge in [-0.25, -0.2) is 13.4 Å². The second-order valence-corrected chi connectivity index (χ2v) is 9.88. The molecular formula is C20H18F3N3O4S. The predicted molar refractivity (Wildman–Crippen MR) is 108 cm³/mol. The third-order valence-electron chi connectivity index (χ3n) is 5.26. The Morgan fingerprint density at radius 1 is 1.23 bits per heavy atom. The average Bonchev–Trinajstić information content (AvgIpc) is 2.66. The van der Waals surface area contributed by atoms with Gasteiger partial charge in [0, 0.05) is 30.1 Å². The zero-order chi connectivity index (χ0) is 22.6. The Labute approximate surface area is 176 Å². The SMILES string of the molecule is CC1N=Cc2c(-c3ccc(C(F)(F)F)cc3)cnc(NCC3(O)CS(=O)(=O)C3)c2C1=O. The van der Waals surface area contributed by atoms with Crippen molar-refractivity contribution < 1.29 is 31.5 Å². The van der Waals surface area contributed by atoms with Gasteiger partial charge in [0.2, 0.25) is 0 Å². The van der Waals surface area contributed by atoms with Crippen LogP contribution in [0.5, 0.6) is 0 Å². The van der Waals surface area contributed by atoms with Crippen LogP contribution in [0.2, 0.25) is 0 Å². The third kappa shape index (κ3) is 4.07. The van der Waals surface area contributed by atoms with Crippen molar-refractivity contribution in [2.45, 2.75) is 24.7 Å². The van der Waals surface area contributed by atoms with Gasteiger partial charge in [-0.05, 0) is 24.6 Å². The van der Waals surface area contributed by atoms with Crippen molar-refractivity contribution in [2.75, 3.05) is 23.4 Å². The topological polar surface area (TPSA) is 109 Å². The molecule has 1 atom stereocenters. The van der Waals surface area contributed by atoms with E-state index < -0.39 is 33.2 Å². The Morgan fingerprint density at radius 3 is 2.45 bits per heavy atom. The number of nitrogens with zero attached hydrogens (tertiary/aromatic N) is 2. The Kier molecular flexibility index (Phi) is 4.93. The number of halogens is 3. The lowest BCUT2D eigenvalue weighted by Gasteiger charge is -2.36. The van der Waals surface area contributed by atoms with Crippen LogP contribution in [0, 0.1) is 0 Å². The van der Waals surface area contributed by atoms with Crippen LogP contribution in [0.15, 0.2) is 35.5 Å². The van der Waals surface area contributed by atoms with Gasteiger partial charge in [0.15, 0.2) is 15.6 Å². The maximum Gasteiger partial charge on any atom is 0.416 e. The summed E-state index contributed by atoms with van der Waals surface area (Å²) >= 11 is 0. The molecule has 31 heavy (non-hydrogen) atoms. The second kappa shape index (κ2) is 7.13. The zero-order valence-electron chi connectivity index (χ0n) is 16.3. The van der Waals surface area contributed by atoms with E-state index in [0.717, 1.165) is 12.1 Å². The van der Waals surface area contributed by atoms with Crippen molar-refractivity contribution >= 4 is 27.7 Å². The van der Waals surface area contributed by atoms with Crippen LogP contribution in [-0.4, -0.2) is 60.2 Å². The fraction of sp³-hybridized carbons (Fsp3) is 0.350. The molecule has 3 heterocycles. The number of aromatic nitrogens is 1. The summed E-state index contributed by atoms with van der Waals surface area (Å²) in [7, 11) is -3.27. The molecule has 0 radical (unpaired) electrons. The molecule has 164 valence electrons. The number of carbonyl (C=O) groups is 1. The van der Waals surface area contributed by atoms with Crippen molar-refractivity contribution in [2.24, 2.45) is 4.99 Å². The van der Waals surface area contributed by atoms with Crippen LogP contribution in [0.4, 0.5) is 19.0 Å². The number of fused-ring (bicyclic) bond motifs is 1. The summed E-state index contributed by atoms with van der Waals surface area (Å²) < 4.78 is 61.4. The van der Waals surface area contributed by atoms with Gasteiger partial charge >= 0.3 is 6.18 Å². The van der Waals surface area contributed by atoms with Gasteiger partial charge in [0.1, 0.15) is 17.5 Å². The summed E-state index contributed by atoms with van der Waals surface area (Å²) in [6.07, 6.45) is -1.59. The highest BCUT2D eigenvalue weighted by molar-refractivity contribution is 7.93. The molecule has 2 aliphatic heterocycles. The number of sulfone groups is 1. The predicted octanol–water partition coefficient (Wildman–Crippen LogP) is 2.34. The van der Waals surface area contributed by atoms with Crippen molar-refractivity contribution in [1.82, 2.24) is 4.98 Å². The van der Waals surface area contributed by atoms with Gasteiger partial charge in [-0.15, -0.1) is 0 Å². The summed E-state index contributed by atoms with van der Waals surface area (Å²) in [6, 6.07) is 3.82. The molecule has 0 saturated carbocycles. The second-order valence-electron chi connectivity index (χ2n) is 7.81. The first-order valence-corrected chi connectivity index (χ1v) is 11.2. The molecule has 1 fully saturated rings. The normalized spacial score (nSPS) is 21.3. The highest BCUT2D eigenvalue weighted by atomic mass is 32.2. The van der Waals surface area contributed by atoms with Gasteiger partial charge in [0.05, 0.1) is 22.6 Å². The van der Waals surface area contributed by atoms with Crippen molar-refractivity contribution in [3.05, 3.63) is 47.2 Å². The number of rotatable bonds is 4. The van der Waals surface area contributed by atoms with Gasteiger partial charge in [-0.2, -0.15) is 13.2 Å². The smallest absolute Gasteiger partial charge is 0.386 e. The fourth-order valence-electron chi connectivity index (χ4n) is 3.70. The van der Waals surface area contributed by atoms with Crippen molar-refractivity contribution in [3.8, 4) is 11.1 Å². The first-order valence-electron chi connectivity index (χ1n) is 9.33. The first kappa shape index (κ1) is 21.4. The number of hydrogen-bond acceptors (Lipinski definition) is 7. The number of anilines is 1. The lowest BCUT2D eigenvalue weighted by Crippen LogP contribution is -2.58. The van der Waals surface area contributed by atoms with Crippen molar-refractivity contribution in [1.29, 1.82) is 0 Å². The van der Waals surface area contributed by atoms with E-state index in [4.69, 9.17) is 0 Å². The minimum atomic E-state index is -4.47. The number of aliphatic imine (C=N–C) groups is 1.